The van der Waals surface area contributed by atoms with E-state index in [0.29, 0.717) is 13.3 Å². The fourth-order valence-electron chi connectivity index (χ4n) is 1.47. The van der Waals surface area contributed by atoms with Crippen molar-refractivity contribution in [2.24, 2.45) is 0 Å². The van der Waals surface area contributed by atoms with Crippen LogP contribution in [0.3, 0.4) is 0 Å². The number of aliphatic hydroxyl groups is 1. The van der Waals surface area contributed by atoms with Crippen molar-refractivity contribution in [3.63, 3.8) is 0 Å². The molecule has 0 spiro atoms. The van der Waals surface area contributed by atoms with Crippen LogP contribution in [-0.4, -0.2) is 22.7 Å². The molecule has 0 amide bonds. The zero-order valence-electron chi connectivity index (χ0n) is 10.4. The lowest BCUT2D eigenvalue weighted by Crippen LogP contribution is -2.49. The Bertz CT molecular complexity index is 234. The second-order valence-electron chi connectivity index (χ2n) is 4.51. The summed E-state index contributed by atoms with van der Waals surface area (Å²) in [4.78, 5) is 11.2. The first-order valence-electron chi connectivity index (χ1n) is 6.06. The van der Waals surface area contributed by atoms with Crippen LogP contribution in [0.5, 0.6) is 0 Å². The number of carbonyl (C=O) groups is 1. The summed E-state index contributed by atoms with van der Waals surface area (Å²) in [5.41, 5.74) is -3.20. The fraction of sp³-hybridized carbons (Fsp3) is 0.917. The van der Waals surface area contributed by atoms with E-state index in [1.54, 1.807) is 0 Å². The van der Waals surface area contributed by atoms with Crippen LogP contribution in [0, 0.1) is 0 Å². The molecule has 0 fully saturated rings. The van der Waals surface area contributed by atoms with Gasteiger partial charge in [-0.3, -0.25) is 4.79 Å². The summed E-state index contributed by atoms with van der Waals surface area (Å²) in [6, 6.07) is 0. The summed E-state index contributed by atoms with van der Waals surface area (Å²) in [7, 11) is 0. The SMILES string of the molecule is CCCCCCCCC(=O)C(C)(O)C(F)(F)F. The summed E-state index contributed by atoms with van der Waals surface area (Å²) >= 11 is 0. The van der Waals surface area contributed by atoms with Crippen LogP contribution in [0.2, 0.25) is 0 Å². The number of hydrogen-bond donors (Lipinski definition) is 1. The molecule has 0 bridgehead atoms. The number of unbranched alkanes of at least 4 members (excludes halogenated alkanes) is 5. The molecule has 0 saturated heterocycles. The monoisotopic (exact) mass is 254 g/mol. The van der Waals surface area contributed by atoms with Gasteiger partial charge in [0.05, 0.1) is 0 Å². The topological polar surface area (TPSA) is 37.3 Å². The minimum atomic E-state index is -4.88. The first-order chi connectivity index (χ1) is 7.73. The van der Waals surface area contributed by atoms with E-state index in [1.807, 2.05) is 0 Å². The Morgan fingerprint density at radius 3 is 2.00 bits per heavy atom. The molecule has 2 nitrogen and oxygen atoms in total. The van der Waals surface area contributed by atoms with Gasteiger partial charge in [-0.15, -0.1) is 0 Å². The zero-order chi connectivity index (χ0) is 13.5. The molecule has 0 rings (SSSR count). The van der Waals surface area contributed by atoms with E-state index in [-0.39, 0.29) is 6.42 Å². The Morgan fingerprint density at radius 2 is 1.53 bits per heavy atom. The standard InChI is InChI=1S/C12H21F3O2/c1-3-4-5-6-7-8-9-10(16)11(2,17)12(13,14)15/h17H,3-9H2,1-2H3. The molecular weight excluding hydrogens is 233 g/mol. The third-order valence-electron chi connectivity index (χ3n) is 2.85. The number of Topliss-reactive ketones (excluding diaryl/α,β-unsaturated/α-hetero) is 1. The maximum absolute atomic E-state index is 12.3. The predicted molar refractivity (Wildman–Crippen MR) is 59.7 cm³/mol. The highest BCUT2D eigenvalue weighted by Crippen LogP contribution is 2.31. The lowest BCUT2D eigenvalue weighted by Gasteiger charge is -2.24. The number of carbonyl (C=O) groups excluding carboxylic acids is 1. The smallest absolute Gasteiger partial charge is 0.374 e. The first kappa shape index (κ1) is 16.4. The molecule has 1 atom stereocenters. The van der Waals surface area contributed by atoms with Gasteiger partial charge in [0.25, 0.3) is 0 Å². The van der Waals surface area contributed by atoms with Crippen LogP contribution in [0.25, 0.3) is 0 Å². The number of halogens is 3. The van der Waals surface area contributed by atoms with E-state index < -0.39 is 17.6 Å². The predicted octanol–water partition coefficient (Wildman–Crippen LogP) is 3.62. The maximum atomic E-state index is 12.3. The molecule has 0 aromatic rings. The number of ketones is 1. The Labute approximate surface area is 100 Å². The highest BCUT2D eigenvalue weighted by Gasteiger charge is 2.54. The maximum Gasteiger partial charge on any atom is 0.424 e. The Morgan fingerprint density at radius 1 is 1.06 bits per heavy atom. The van der Waals surface area contributed by atoms with Gasteiger partial charge >= 0.3 is 6.18 Å². The van der Waals surface area contributed by atoms with E-state index >= 15 is 0 Å². The molecule has 0 saturated carbocycles. The molecule has 0 aromatic heterocycles. The summed E-state index contributed by atoms with van der Waals surface area (Å²) in [5.74, 6) is -1.14. The van der Waals surface area contributed by atoms with Gasteiger partial charge in [0, 0.05) is 6.42 Å². The van der Waals surface area contributed by atoms with Crippen LogP contribution in [0.4, 0.5) is 13.2 Å². The molecule has 0 aliphatic carbocycles. The van der Waals surface area contributed by atoms with Gasteiger partial charge in [-0.2, -0.15) is 13.2 Å². The normalized spacial score (nSPS) is 15.6. The highest BCUT2D eigenvalue weighted by molar-refractivity contribution is 5.87. The van der Waals surface area contributed by atoms with E-state index in [9.17, 15) is 18.0 Å². The van der Waals surface area contributed by atoms with Crippen LogP contribution < -0.4 is 0 Å². The van der Waals surface area contributed by atoms with Gasteiger partial charge in [-0.25, -0.2) is 0 Å². The second-order valence-corrected chi connectivity index (χ2v) is 4.51. The van der Waals surface area contributed by atoms with Gasteiger partial charge in [-0.1, -0.05) is 39.0 Å². The molecule has 1 N–H and O–H groups in total. The van der Waals surface area contributed by atoms with E-state index in [4.69, 9.17) is 5.11 Å². The highest BCUT2D eigenvalue weighted by atomic mass is 19.4. The lowest BCUT2D eigenvalue weighted by molar-refractivity contribution is -0.244. The van der Waals surface area contributed by atoms with Crippen LogP contribution in [0.1, 0.15) is 58.8 Å². The quantitative estimate of drug-likeness (QED) is 0.672. The molecule has 17 heavy (non-hydrogen) atoms. The van der Waals surface area contributed by atoms with Crippen molar-refractivity contribution in [3.8, 4) is 0 Å². The molecule has 0 heterocycles. The minimum absolute atomic E-state index is 0.210. The van der Waals surface area contributed by atoms with E-state index in [0.717, 1.165) is 32.1 Å². The van der Waals surface area contributed by atoms with Gasteiger partial charge in [-0.05, 0) is 13.3 Å². The number of rotatable bonds is 8. The average Bonchev–Trinajstić information content (AvgIpc) is 2.21. The first-order valence-corrected chi connectivity index (χ1v) is 6.06. The number of hydrogen-bond acceptors (Lipinski definition) is 2. The molecule has 0 aromatic carbocycles. The molecule has 0 radical (unpaired) electrons. The van der Waals surface area contributed by atoms with Crippen molar-refractivity contribution in [2.45, 2.75) is 70.6 Å². The molecule has 0 aliphatic heterocycles. The van der Waals surface area contributed by atoms with Gasteiger partial charge in [0.2, 0.25) is 5.60 Å². The van der Waals surface area contributed by atoms with Crippen molar-refractivity contribution in [1.29, 1.82) is 0 Å². The summed E-state index contributed by atoms with van der Waals surface area (Å²) in [6.45, 7) is 2.59. The van der Waals surface area contributed by atoms with Crippen molar-refractivity contribution >= 4 is 5.78 Å². The third kappa shape index (κ3) is 5.52. The molecule has 1 unspecified atom stereocenters. The minimum Gasteiger partial charge on any atom is -0.374 e. The Balaban J connectivity index is 3.87. The van der Waals surface area contributed by atoms with Crippen molar-refractivity contribution in [1.82, 2.24) is 0 Å². The van der Waals surface area contributed by atoms with E-state index in [1.165, 1.54) is 0 Å². The van der Waals surface area contributed by atoms with Crippen molar-refractivity contribution < 1.29 is 23.1 Å². The largest absolute Gasteiger partial charge is 0.424 e. The van der Waals surface area contributed by atoms with Crippen LogP contribution in [-0.2, 0) is 4.79 Å². The van der Waals surface area contributed by atoms with Gasteiger partial charge < -0.3 is 5.11 Å². The zero-order valence-corrected chi connectivity index (χ0v) is 10.4. The van der Waals surface area contributed by atoms with Crippen molar-refractivity contribution in [2.75, 3.05) is 0 Å². The van der Waals surface area contributed by atoms with Gasteiger partial charge in [0.1, 0.15) is 0 Å². The fourth-order valence-corrected chi connectivity index (χ4v) is 1.47. The third-order valence-corrected chi connectivity index (χ3v) is 2.85. The Hall–Kier alpha value is -0.580. The van der Waals surface area contributed by atoms with E-state index in [2.05, 4.69) is 6.92 Å². The van der Waals surface area contributed by atoms with Crippen LogP contribution in [0.15, 0.2) is 0 Å². The van der Waals surface area contributed by atoms with Crippen LogP contribution >= 0.6 is 0 Å². The molecular formula is C12H21F3O2. The summed E-state index contributed by atoms with van der Waals surface area (Å²) < 4.78 is 36.9. The van der Waals surface area contributed by atoms with Crippen molar-refractivity contribution in [3.05, 3.63) is 0 Å². The molecule has 5 heteroatoms. The average molecular weight is 254 g/mol. The number of alkyl halides is 3. The molecule has 102 valence electrons. The van der Waals surface area contributed by atoms with Gasteiger partial charge in [0.15, 0.2) is 5.78 Å². The molecule has 0 aliphatic rings. The lowest BCUT2D eigenvalue weighted by atomic mass is 9.95. The Kier molecular flexibility index (Phi) is 6.75. The summed E-state index contributed by atoms with van der Waals surface area (Å²) in [5, 5.41) is 9.09. The second kappa shape index (κ2) is 6.99. The summed E-state index contributed by atoms with van der Waals surface area (Å²) in [6.07, 6.45) is 0.227.